The molecule has 1 aliphatic rings. The Balaban J connectivity index is 1.52. The van der Waals surface area contributed by atoms with Crippen LogP contribution < -0.4 is 5.32 Å². The number of rotatable bonds is 5. The summed E-state index contributed by atoms with van der Waals surface area (Å²) in [6.45, 7) is 6.60. The molecule has 1 atom stereocenters. The van der Waals surface area contributed by atoms with Gasteiger partial charge in [0.25, 0.3) is 0 Å². The zero-order chi connectivity index (χ0) is 17.8. The van der Waals surface area contributed by atoms with Crippen LogP contribution in [0.2, 0.25) is 10.0 Å². The molecule has 25 heavy (non-hydrogen) atoms. The summed E-state index contributed by atoms with van der Waals surface area (Å²) in [5.41, 5.74) is 1.92. The van der Waals surface area contributed by atoms with Crippen molar-refractivity contribution < 1.29 is 4.79 Å². The maximum Gasteiger partial charge on any atom is 0.241 e. The highest BCUT2D eigenvalue weighted by Gasteiger charge is 2.26. The number of amides is 1. The van der Waals surface area contributed by atoms with Crippen molar-refractivity contribution in [2.24, 2.45) is 0 Å². The van der Waals surface area contributed by atoms with E-state index < -0.39 is 0 Å². The molecule has 134 valence electrons. The van der Waals surface area contributed by atoms with Gasteiger partial charge in [0.2, 0.25) is 5.91 Å². The first-order chi connectivity index (χ1) is 12.0. The second kappa shape index (κ2) is 8.52. The van der Waals surface area contributed by atoms with E-state index in [1.165, 1.54) is 5.56 Å². The lowest BCUT2D eigenvalue weighted by atomic mass is 10.2. The smallest absolute Gasteiger partial charge is 0.241 e. The molecule has 1 unspecified atom stereocenters. The van der Waals surface area contributed by atoms with Crippen LogP contribution in [0, 0.1) is 0 Å². The fourth-order valence-corrected chi connectivity index (χ4v) is 3.96. The summed E-state index contributed by atoms with van der Waals surface area (Å²) in [6, 6.07) is 7.20. The quantitative estimate of drug-likeness (QED) is 0.820. The summed E-state index contributed by atoms with van der Waals surface area (Å²) >= 11 is 13.9. The average molecular weight is 398 g/mol. The number of hydrogen-bond donors (Lipinski definition) is 1. The van der Waals surface area contributed by atoms with Crippen LogP contribution in [0.4, 0.5) is 5.69 Å². The molecule has 1 fully saturated rings. The van der Waals surface area contributed by atoms with Crippen molar-refractivity contribution in [1.29, 1.82) is 0 Å². The van der Waals surface area contributed by atoms with Gasteiger partial charge in [0, 0.05) is 32.7 Å². The lowest BCUT2D eigenvalue weighted by Gasteiger charge is -2.37. The van der Waals surface area contributed by atoms with Crippen molar-refractivity contribution in [1.82, 2.24) is 9.80 Å². The number of thiophene rings is 1. The summed E-state index contributed by atoms with van der Waals surface area (Å²) in [5.74, 6) is -0.0598. The third-order valence-electron chi connectivity index (χ3n) is 4.53. The van der Waals surface area contributed by atoms with Gasteiger partial charge in [-0.05, 0) is 41.4 Å². The van der Waals surface area contributed by atoms with Gasteiger partial charge in [0.15, 0.2) is 0 Å². The van der Waals surface area contributed by atoms with Crippen molar-refractivity contribution in [3.63, 3.8) is 0 Å². The van der Waals surface area contributed by atoms with Crippen LogP contribution in [0.3, 0.4) is 0 Å². The molecule has 3 rings (SSSR count). The number of nitrogens with zero attached hydrogens (tertiary/aromatic N) is 2. The van der Waals surface area contributed by atoms with Crippen LogP contribution in [-0.4, -0.2) is 47.9 Å². The van der Waals surface area contributed by atoms with Gasteiger partial charge < -0.3 is 5.32 Å². The molecule has 0 bridgehead atoms. The van der Waals surface area contributed by atoms with Crippen molar-refractivity contribution in [3.05, 3.63) is 50.6 Å². The molecule has 2 heterocycles. The Morgan fingerprint density at radius 2 is 2.00 bits per heavy atom. The van der Waals surface area contributed by atoms with E-state index in [2.05, 4.69) is 31.9 Å². The second-order valence-electron chi connectivity index (χ2n) is 6.21. The SMILES string of the molecule is CC(C(=O)Nc1cccc(Cl)c1Cl)N1CCN(Cc2ccsc2)CC1. The lowest BCUT2D eigenvalue weighted by molar-refractivity contribution is -0.121. The van der Waals surface area contributed by atoms with E-state index in [-0.39, 0.29) is 11.9 Å². The summed E-state index contributed by atoms with van der Waals surface area (Å²) in [7, 11) is 0. The summed E-state index contributed by atoms with van der Waals surface area (Å²) in [4.78, 5) is 17.2. The van der Waals surface area contributed by atoms with Crippen molar-refractivity contribution in [3.8, 4) is 0 Å². The van der Waals surface area contributed by atoms with Crippen molar-refractivity contribution >= 4 is 46.1 Å². The maximum absolute atomic E-state index is 12.5. The van der Waals surface area contributed by atoms with E-state index in [9.17, 15) is 4.79 Å². The number of anilines is 1. The highest BCUT2D eigenvalue weighted by Crippen LogP contribution is 2.29. The molecule has 0 saturated carbocycles. The Hall–Kier alpha value is -1.11. The predicted molar refractivity (Wildman–Crippen MR) is 106 cm³/mol. The molecule has 1 aromatic heterocycles. The first-order valence-corrected chi connectivity index (χ1v) is 9.97. The largest absolute Gasteiger partial charge is 0.323 e. The molecular weight excluding hydrogens is 377 g/mol. The van der Waals surface area contributed by atoms with Gasteiger partial charge in [-0.1, -0.05) is 29.3 Å². The minimum atomic E-state index is -0.210. The van der Waals surface area contributed by atoms with Gasteiger partial charge in [-0.25, -0.2) is 0 Å². The number of nitrogens with one attached hydrogen (secondary N) is 1. The molecule has 0 radical (unpaired) electrons. The Bertz CT molecular complexity index is 715. The molecule has 0 spiro atoms. The standard InChI is InChI=1S/C18H21Cl2N3OS/c1-13(18(24)21-16-4-2-3-15(19)17(16)20)23-8-6-22(7-9-23)11-14-5-10-25-12-14/h2-5,10,12-13H,6-9,11H2,1H3,(H,21,24). The Morgan fingerprint density at radius 1 is 1.24 bits per heavy atom. The third kappa shape index (κ3) is 4.74. The molecule has 0 aliphatic carbocycles. The first-order valence-electron chi connectivity index (χ1n) is 8.27. The molecule has 1 N–H and O–H groups in total. The first kappa shape index (κ1) is 18.7. The summed E-state index contributed by atoms with van der Waals surface area (Å²) in [6.07, 6.45) is 0. The van der Waals surface area contributed by atoms with E-state index >= 15 is 0 Å². The third-order valence-corrected chi connectivity index (χ3v) is 6.08. The molecule has 1 saturated heterocycles. The molecule has 7 heteroatoms. The van der Waals surface area contributed by atoms with Crippen LogP contribution in [0.1, 0.15) is 12.5 Å². The van der Waals surface area contributed by atoms with Gasteiger partial charge >= 0.3 is 0 Å². The number of hydrogen-bond acceptors (Lipinski definition) is 4. The molecule has 2 aromatic rings. The van der Waals surface area contributed by atoms with Crippen LogP contribution in [0.25, 0.3) is 0 Å². The second-order valence-corrected chi connectivity index (χ2v) is 7.78. The highest BCUT2D eigenvalue weighted by atomic mass is 35.5. The zero-order valence-electron chi connectivity index (χ0n) is 14.0. The van der Waals surface area contributed by atoms with E-state index in [1.54, 1.807) is 29.5 Å². The van der Waals surface area contributed by atoms with Crippen LogP contribution >= 0.6 is 34.5 Å². The monoisotopic (exact) mass is 397 g/mol. The predicted octanol–water partition coefficient (Wildman–Crippen LogP) is 4.20. The minimum Gasteiger partial charge on any atom is -0.323 e. The fraction of sp³-hybridized carbons (Fsp3) is 0.389. The maximum atomic E-state index is 12.5. The van der Waals surface area contributed by atoms with E-state index in [0.717, 1.165) is 32.7 Å². The normalized spacial score (nSPS) is 17.4. The minimum absolute atomic E-state index is 0.0598. The fourth-order valence-electron chi connectivity index (χ4n) is 2.95. The van der Waals surface area contributed by atoms with Crippen molar-refractivity contribution in [2.75, 3.05) is 31.5 Å². The number of carbonyl (C=O) groups excluding carboxylic acids is 1. The molecule has 1 aliphatic heterocycles. The number of piperazine rings is 1. The van der Waals surface area contributed by atoms with E-state index in [4.69, 9.17) is 23.2 Å². The topological polar surface area (TPSA) is 35.6 Å². The van der Waals surface area contributed by atoms with Gasteiger partial charge in [0.1, 0.15) is 0 Å². The van der Waals surface area contributed by atoms with Crippen molar-refractivity contribution in [2.45, 2.75) is 19.5 Å². The van der Waals surface area contributed by atoms with Gasteiger partial charge in [-0.15, -0.1) is 0 Å². The number of carbonyl (C=O) groups is 1. The summed E-state index contributed by atoms with van der Waals surface area (Å²) < 4.78 is 0. The summed E-state index contributed by atoms with van der Waals surface area (Å²) in [5, 5.41) is 8.01. The Kier molecular flexibility index (Phi) is 6.36. The molecule has 4 nitrogen and oxygen atoms in total. The lowest BCUT2D eigenvalue weighted by Crippen LogP contribution is -2.52. The number of benzene rings is 1. The van der Waals surface area contributed by atoms with Crippen LogP contribution in [0.15, 0.2) is 35.0 Å². The van der Waals surface area contributed by atoms with Gasteiger partial charge in [0.05, 0.1) is 21.8 Å². The zero-order valence-corrected chi connectivity index (χ0v) is 16.4. The Morgan fingerprint density at radius 3 is 2.68 bits per heavy atom. The van der Waals surface area contributed by atoms with Gasteiger partial charge in [-0.3, -0.25) is 14.6 Å². The molecule has 1 amide bonds. The van der Waals surface area contributed by atoms with Gasteiger partial charge in [-0.2, -0.15) is 11.3 Å². The average Bonchev–Trinajstić information content (AvgIpc) is 3.12. The van der Waals surface area contributed by atoms with Crippen LogP contribution in [0.5, 0.6) is 0 Å². The Labute approximate surface area is 162 Å². The van der Waals surface area contributed by atoms with E-state index in [1.807, 2.05) is 6.92 Å². The highest BCUT2D eigenvalue weighted by molar-refractivity contribution is 7.07. The molecular formula is C18H21Cl2N3OS. The molecule has 1 aromatic carbocycles. The number of halogens is 2. The van der Waals surface area contributed by atoms with Crippen LogP contribution in [-0.2, 0) is 11.3 Å². The van der Waals surface area contributed by atoms with E-state index in [0.29, 0.717) is 15.7 Å².